The molecule has 2 aromatic rings. The minimum absolute atomic E-state index is 0.345. The Labute approximate surface area is 111 Å². The second-order valence-corrected chi connectivity index (χ2v) is 4.70. The molecule has 1 atom stereocenters. The van der Waals surface area contributed by atoms with Gasteiger partial charge in [0, 0.05) is 19.0 Å². The Morgan fingerprint density at radius 1 is 1.39 bits per heavy atom. The number of nitrogens with one attached hydrogen (secondary N) is 1. The zero-order valence-corrected chi connectivity index (χ0v) is 10.6. The van der Waals surface area contributed by atoms with Gasteiger partial charge in [-0.3, -0.25) is 0 Å². The van der Waals surface area contributed by atoms with Gasteiger partial charge in [-0.1, -0.05) is 17.7 Å². The highest BCUT2D eigenvalue weighted by Gasteiger charge is 2.18. The van der Waals surface area contributed by atoms with Crippen LogP contribution in [-0.2, 0) is 4.74 Å². The van der Waals surface area contributed by atoms with Crippen LogP contribution in [-0.4, -0.2) is 29.0 Å². The van der Waals surface area contributed by atoms with Crippen molar-refractivity contribution < 1.29 is 4.74 Å². The van der Waals surface area contributed by atoms with Crippen LogP contribution in [0.15, 0.2) is 36.7 Å². The molecular formula is C13H14ClN3O. The molecule has 1 aliphatic heterocycles. The number of benzene rings is 1. The largest absolute Gasteiger partial charge is 0.379 e. The van der Waals surface area contributed by atoms with Crippen molar-refractivity contribution in [2.24, 2.45) is 0 Å². The molecule has 5 heteroatoms. The van der Waals surface area contributed by atoms with Crippen LogP contribution in [0, 0.1) is 0 Å². The molecule has 3 rings (SSSR count). The molecule has 2 heterocycles. The first-order valence-electron chi connectivity index (χ1n) is 5.97. The van der Waals surface area contributed by atoms with Crippen LogP contribution < -0.4 is 5.32 Å². The van der Waals surface area contributed by atoms with E-state index >= 15 is 0 Å². The first kappa shape index (κ1) is 11.6. The van der Waals surface area contributed by atoms with Crippen LogP contribution in [0.1, 0.15) is 6.42 Å². The van der Waals surface area contributed by atoms with Crippen LogP contribution in [0.2, 0.25) is 5.02 Å². The van der Waals surface area contributed by atoms with Crippen molar-refractivity contribution in [1.29, 1.82) is 0 Å². The first-order chi connectivity index (χ1) is 8.84. The van der Waals surface area contributed by atoms with E-state index in [4.69, 9.17) is 16.3 Å². The van der Waals surface area contributed by atoms with E-state index in [1.165, 1.54) is 0 Å². The summed E-state index contributed by atoms with van der Waals surface area (Å²) in [6.07, 6.45) is 4.65. The summed E-state index contributed by atoms with van der Waals surface area (Å²) >= 11 is 6.27. The standard InChI is InChI=1S/C13H14ClN3O/c14-11-3-1-4-12(16-10-5-8-18-9-10)13(11)17-7-2-6-15-17/h1-4,6-7,10,16H,5,8-9H2. The maximum Gasteiger partial charge on any atom is 0.106 e. The van der Waals surface area contributed by atoms with E-state index in [1.807, 2.05) is 30.5 Å². The molecule has 0 amide bonds. The number of aromatic nitrogens is 2. The summed E-state index contributed by atoms with van der Waals surface area (Å²) in [6.45, 7) is 1.56. The molecule has 1 N–H and O–H groups in total. The van der Waals surface area contributed by atoms with Crippen molar-refractivity contribution in [1.82, 2.24) is 9.78 Å². The Bertz CT molecular complexity index is 521. The van der Waals surface area contributed by atoms with Gasteiger partial charge in [-0.05, 0) is 24.6 Å². The summed E-state index contributed by atoms with van der Waals surface area (Å²) in [6, 6.07) is 8.05. The second-order valence-electron chi connectivity index (χ2n) is 4.29. The molecule has 1 fully saturated rings. The predicted octanol–water partition coefficient (Wildman–Crippen LogP) is 2.73. The van der Waals surface area contributed by atoms with E-state index < -0.39 is 0 Å². The zero-order valence-electron chi connectivity index (χ0n) is 9.84. The number of rotatable bonds is 3. The third kappa shape index (κ3) is 2.21. The second kappa shape index (κ2) is 5.00. The highest BCUT2D eigenvalue weighted by atomic mass is 35.5. The van der Waals surface area contributed by atoms with E-state index in [9.17, 15) is 0 Å². The third-order valence-electron chi connectivity index (χ3n) is 3.01. The van der Waals surface area contributed by atoms with E-state index in [0.29, 0.717) is 11.1 Å². The third-order valence-corrected chi connectivity index (χ3v) is 3.31. The minimum atomic E-state index is 0.345. The Hall–Kier alpha value is -1.52. The fraction of sp³-hybridized carbons (Fsp3) is 0.308. The van der Waals surface area contributed by atoms with Gasteiger partial charge >= 0.3 is 0 Å². The topological polar surface area (TPSA) is 39.1 Å². The van der Waals surface area contributed by atoms with Crippen molar-refractivity contribution in [2.75, 3.05) is 18.5 Å². The Kier molecular flexibility index (Phi) is 3.21. The van der Waals surface area contributed by atoms with Crippen molar-refractivity contribution in [3.8, 4) is 5.69 Å². The van der Waals surface area contributed by atoms with Crippen LogP contribution in [0.5, 0.6) is 0 Å². The van der Waals surface area contributed by atoms with E-state index in [1.54, 1.807) is 10.9 Å². The molecule has 1 aromatic heterocycles. The maximum atomic E-state index is 6.27. The van der Waals surface area contributed by atoms with E-state index in [-0.39, 0.29) is 0 Å². The Balaban J connectivity index is 1.95. The van der Waals surface area contributed by atoms with Gasteiger partial charge in [-0.2, -0.15) is 5.10 Å². The van der Waals surface area contributed by atoms with E-state index in [2.05, 4.69) is 10.4 Å². The summed E-state index contributed by atoms with van der Waals surface area (Å²) in [4.78, 5) is 0. The van der Waals surface area contributed by atoms with Crippen molar-refractivity contribution >= 4 is 17.3 Å². The van der Waals surface area contributed by atoms with Gasteiger partial charge in [0.15, 0.2) is 0 Å². The Morgan fingerprint density at radius 3 is 3.06 bits per heavy atom. The smallest absolute Gasteiger partial charge is 0.106 e. The molecule has 0 saturated carbocycles. The molecule has 94 valence electrons. The van der Waals surface area contributed by atoms with Gasteiger partial charge in [0.05, 0.1) is 23.4 Å². The summed E-state index contributed by atoms with van der Waals surface area (Å²) in [5.41, 5.74) is 1.87. The van der Waals surface area contributed by atoms with Gasteiger partial charge in [-0.15, -0.1) is 0 Å². The molecule has 1 aromatic carbocycles. The zero-order chi connectivity index (χ0) is 12.4. The molecule has 18 heavy (non-hydrogen) atoms. The number of halogens is 1. The molecule has 1 unspecified atom stereocenters. The van der Waals surface area contributed by atoms with Crippen LogP contribution in [0.4, 0.5) is 5.69 Å². The summed E-state index contributed by atoms with van der Waals surface area (Å²) in [5, 5.41) is 8.39. The van der Waals surface area contributed by atoms with Crippen molar-refractivity contribution in [2.45, 2.75) is 12.5 Å². The number of hydrogen-bond donors (Lipinski definition) is 1. The van der Waals surface area contributed by atoms with Gasteiger partial charge in [0.2, 0.25) is 0 Å². The predicted molar refractivity (Wildman–Crippen MR) is 71.4 cm³/mol. The quantitative estimate of drug-likeness (QED) is 0.926. The van der Waals surface area contributed by atoms with Crippen LogP contribution >= 0.6 is 11.6 Å². The summed E-state index contributed by atoms with van der Waals surface area (Å²) in [5.74, 6) is 0. The number of ether oxygens (including phenoxy) is 1. The molecule has 1 saturated heterocycles. The molecule has 4 nitrogen and oxygen atoms in total. The molecule has 0 radical (unpaired) electrons. The molecule has 0 spiro atoms. The van der Waals surface area contributed by atoms with Gasteiger partial charge in [-0.25, -0.2) is 4.68 Å². The van der Waals surface area contributed by atoms with E-state index in [0.717, 1.165) is 31.0 Å². The lowest BCUT2D eigenvalue weighted by atomic mass is 10.2. The molecular weight excluding hydrogens is 250 g/mol. The van der Waals surface area contributed by atoms with Gasteiger partial charge in [0.1, 0.15) is 5.69 Å². The highest BCUT2D eigenvalue weighted by Crippen LogP contribution is 2.29. The minimum Gasteiger partial charge on any atom is -0.379 e. The summed E-state index contributed by atoms with van der Waals surface area (Å²) < 4.78 is 7.15. The van der Waals surface area contributed by atoms with Crippen molar-refractivity contribution in [3.05, 3.63) is 41.7 Å². The first-order valence-corrected chi connectivity index (χ1v) is 6.35. The lowest BCUT2D eigenvalue weighted by Gasteiger charge is -2.17. The average Bonchev–Trinajstić information content (AvgIpc) is 3.01. The number of anilines is 1. The Morgan fingerprint density at radius 2 is 2.33 bits per heavy atom. The summed E-state index contributed by atoms with van der Waals surface area (Å²) in [7, 11) is 0. The lowest BCUT2D eigenvalue weighted by molar-refractivity contribution is 0.195. The fourth-order valence-electron chi connectivity index (χ4n) is 2.13. The maximum absolute atomic E-state index is 6.27. The number of nitrogens with zero attached hydrogens (tertiary/aromatic N) is 2. The number of para-hydroxylation sites is 1. The average molecular weight is 264 g/mol. The number of hydrogen-bond acceptors (Lipinski definition) is 3. The highest BCUT2D eigenvalue weighted by molar-refractivity contribution is 6.33. The van der Waals surface area contributed by atoms with Crippen LogP contribution in [0.25, 0.3) is 5.69 Å². The van der Waals surface area contributed by atoms with Crippen molar-refractivity contribution in [3.63, 3.8) is 0 Å². The molecule has 1 aliphatic rings. The molecule has 0 bridgehead atoms. The monoisotopic (exact) mass is 263 g/mol. The normalized spacial score (nSPS) is 19.1. The fourth-order valence-corrected chi connectivity index (χ4v) is 2.40. The molecule has 0 aliphatic carbocycles. The lowest BCUT2D eigenvalue weighted by Crippen LogP contribution is -2.20. The van der Waals surface area contributed by atoms with Crippen LogP contribution in [0.3, 0.4) is 0 Å². The van der Waals surface area contributed by atoms with Gasteiger partial charge < -0.3 is 10.1 Å². The van der Waals surface area contributed by atoms with Gasteiger partial charge in [0.25, 0.3) is 0 Å². The SMILES string of the molecule is Clc1cccc(NC2CCOC2)c1-n1cccn1.